The fraction of sp³-hybridized carbons (Fsp3) is 0.923. The molecule has 2 bridgehead atoms. The molecular formula is C13H26N2O2Si. The fourth-order valence-corrected chi connectivity index (χ4v) is 3.64. The number of nitrogens with zero attached hydrogens (tertiary/aromatic N) is 1. The van der Waals surface area contributed by atoms with Crippen molar-refractivity contribution < 1.29 is 9.53 Å². The predicted molar refractivity (Wildman–Crippen MR) is 75.6 cm³/mol. The maximum atomic E-state index is 12.2. The lowest BCUT2D eigenvalue weighted by Gasteiger charge is -2.27. The maximum Gasteiger partial charge on any atom is 0.410 e. The first-order valence-electron chi connectivity index (χ1n) is 7.04. The summed E-state index contributed by atoms with van der Waals surface area (Å²) in [7, 11) is -1.12. The number of fused-ring (bicyclic) bond motifs is 2. The molecule has 0 aromatic carbocycles. The van der Waals surface area contributed by atoms with Crippen molar-refractivity contribution in [1.82, 2.24) is 10.2 Å². The number of ether oxygens (including phenoxy) is 1. The fourth-order valence-electron chi connectivity index (χ4n) is 2.92. The van der Waals surface area contributed by atoms with Gasteiger partial charge in [0, 0.05) is 33.2 Å². The molecule has 2 saturated heterocycles. The molecule has 104 valence electrons. The molecule has 0 aromatic rings. The van der Waals surface area contributed by atoms with Crippen LogP contribution in [-0.2, 0) is 4.74 Å². The Morgan fingerprint density at radius 1 is 1.39 bits per heavy atom. The van der Waals surface area contributed by atoms with Crippen LogP contribution in [0.4, 0.5) is 4.79 Å². The summed E-state index contributed by atoms with van der Waals surface area (Å²) in [6.07, 6.45) is 1.04. The van der Waals surface area contributed by atoms with Gasteiger partial charge in [-0.15, -0.1) is 0 Å². The van der Waals surface area contributed by atoms with Crippen LogP contribution in [0.1, 0.15) is 13.3 Å². The van der Waals surface area contributed by atoms with E-state index in [1.807, 2.05) is 4.90 Å². The monoisotopic (exact) mass is 270 g/mol. The Kier molecular flexibility index (Phi) is 4.01. The largest absolute Gasteiger partial charge is 0.450 e. The zero-order valence-corrected chi connectivity index (χ0v) is 13.0. The Morgan fingerprint density at radius 3 is 2.72 bits per heavy atom. The number of piperidine rings is 1. The van der Waals surface area contributed by atoms with E-state index in [9.17, 15) is 4.79 Å². The number of rotatable bonds is 3. The van der Waals surface area contributed by atoms with Crippen molar-refractivity contribution in [2.24, 2.45) is 5.92 Å². The molecule has 1 N–H and O–H groups in total. The predicted octanol–water partition coefficient (Wildman–Crippen LogP) is 2.14. The van der Waals surface area contributed by atoms with Crippen LogP contribution in [-0.4, -0.2) is 50.8 Å². The molecule has 3 atom stereocenters. The van der Waals surface area contributed by atoms with Gasteiger partial charge in [0.25, 0.3) is 0 Å². The van der Waals surface area contributed by atoms with Gasteiger partial charge in [-0.2, -0.15) is 0 Å². The summed E-state index contributed by atoms with van der Waals surface area (Å²) in [6, 6.07) is 1.72. The molecule has 2 rings (SSSR count). The second-order valence-corrected chi connectivity index (χ2v) is 12.5. The van der Waals surface area contributed by atoms with Gasteiger partial charge in [0.1, 0.15) is 0 Å². The number of hydrogen-bond donors (Lipinski definition) is 1. The molecule has 2 fully saturated rings. The number of hydrogen-bond acceptors (Lipinski definition) is 3. The van der Waals surface area contributed by atoms with Crippen LogP contribution in [0.3, 0.4) is 0 Å². The van der Waals surface area contributed by atoms with Crippen LogP contribution in [0.2, 0.25) is 25.7 Å². The van der Waals surface area contributed by atoms with Crippen molar-refractivity contribution in [3.05, 3.63) is 0 Å². The zero-order valence-electron chi connectivity index (χ0n) is 12.0. The molecule has 2 heterocycles. The van der Waals surface area contributed by atoms with Gasteiger partial charge < -0.3 is 15.0 Å². The first-order valence-corrected chi connectivity index (χ1v) is 10.7. The maximum absolute atomic E-state index is 12.2. The lowest BCUT2D eigenvalue weighted by Crippen LogP contribution is -2.43. The third-order valence-corrected chi connectivity index (χ3v) is 5.87. The van der Waals surface area contributed by atoms with E-state index in [4.69, 9.17) is 4.74 Å². The van der Waals surface area contributed by atoms with E-state index in [2.05, 4.69) is 31.9 Å². The van der Waals surface area contributed by atoms with Crippen LogP contribution in [0.15, 0.2) is 0 Å². The van der Waals surface area contributed by atoms with Crippen LogP contribution >= 0.6 is 0 Å². The molecule has 0 spiro atoms. The van der Waals surface area contributed by atoms with E-state index in [0.29, 0.717) is 24.6 Å². The Labute approximate surface area is 111 Å². The standard InChI is InChI=1S/C13H26N2O2Si/c1-10-11-7-12(9-14-8-11)15(10)13(16)17-5-6-18(2,3)4/h10-12,14H,5-9H2,1-4H3/t10-,11-,12+/m0/s1. The topological polar surface area (TPSA) is 41.6 Å². The van der Waals surface area contributed by atoms with E-state index in [-0.39, 0.29) is 6.09 Å². The highest BCUT2D eigenvalue weighted by atomic mass is 28.3. The minimum atomic E-state index is -1.12. The highest BCUT2D eigenvalue weighted by Gasteiger charge is 2.44. The molecule has 4 nitrogen and oxygen atoms in total. The second-order valence-electron chi connectivity index (χ2n) is 6.88. The van der Waals surface area contributed by atoms with Crippen molar-refractivity contribution in [1.29, 1.82) is 0 Å². The highest BCUT2D eigenvalue weighted by molar-refractivity contribution is 6.76. The van der Waals surface area contributed by atoms with E-state index in [1.54, 1.807) is 0 Å². The zero-order chi connectivity index (χ0) is 13.3. The van der Waals surface area contributed by atoms with Crippen LogP contribution in [0, 0.1) is 5.92 Å². The SMILES string of the molecule is C[C@H]1[C@@H]2CNC[C@@H](C2)N1C(=O)OCC[Si](C)(C)C. The molecule has 18 heavy (non-hydrogen) atoms. The van der Waals surface area contributed by atoms with Gasteiger partial charge in [-0.1, -0.05) is 19.6 Å². The minimum Gasteiger partial charge on any atom is -0.450 e. The van der Waals surface area contributed by atoms with E-state index in [1.165, 1.54) is 0 Å². The second kappa shape index (κ2) is 5.21. The summed E-state index contributed by atoms with van der Waals surface area (Å²) >= 11 is 0. The average Bonchev–Trinajstić information content (AvgIpc) is 2.48. The van der Waals surface area contributed by atoms with Crippen molar-refractivity contribution in [3.8, 4) is 0 Å². The molecule has 0 radical (unpaired) electrons. The third kappa shape index (κ3) is 3.06. The Hall–Kier alpha value is -0.553. The number of carbonyl (C=O) groups is 1. The summed E-state index contributed by atoms with van der Waals surface area (Å²) in [5.74, 6) is 0.605. The van der Waals surface area contributed by atoms with Crippen molar-refractivity contribution in [2.75, 3.05) is 19.7 Å². The summed E-state index contributed by atoms with van der Waals surface area (Å²) in [4.78, 5) is 14.1. The smallest absolute Gasteiger partial charge is 0.410 e. The molecule has 2 aliphatic rings. The van der Waals surface area contributed by atoms with Gasteiger partial charge in [0.2, 0.25) is 0 Å². The molecule has 5 heteroatoms. The van der Waals surface area contributed by atoms with Crippen molar-refractivity contribution >= 4 is 14.2 Å². The Balaban J connectivity index is 1.85. The lowest BCUT2D eigenvalue weighted by atomic mass is 9.97. The van der Waals surface area contributed by atoms with Crippen LogP contribution in [0.5, 0.6) is 0 Å². The average molecular weight is 270 g/mol. The molecule has 2 aliphatic heterocycles. The number of likely N-dealkylation sites (tertiary alicyclic amines) is 1. The van der Waals surface area contributed by atoms with E-state index < -0.39 is 8.07 Å². The molecule has 0 saturated carbocycles. The normalized spacial score (nSPS) is 31.6. The van der Waals surface area contributed by atoms with E-state index >= 15 is 0 Å². The van der Waals surface area contributed by atoms with Crippen molar-refractivity contribution in [2.45, 2.75) is 51.1 Å². The lowest BCUT2D eigenvalue weighted by molar-refractivity contribution is 0.0910. The van der Waals surface area contributed by atoms with Crippen LogP contribution in [0.25, 0.3) is 0 Å². The van der Waals surface area contributed by atoms with Gasteiger partial charge in [0.05, 0.1) is 6.61 Å². The van der Waals surface area contributed by atoms with Gasteiger partial charge in [0.15, 0.2) is 0 Å². The number of nitrogens with one attached hydrogen (secondary N) is 1. The molecule has 0 aliphatic carbocycles. The third-order valence-electron chi connectivity index (χ3n) is 4.16. The first kappa shape index (κ1) is 13.9. The molecule has 1 amide bonds. The van der Waals surface area contributed by atoms with Crippen molar-refractivity contribution in [3.63, 3.8) is 0 Å². The summed E-state index contributed by atoms with van der Waals surface area (Å²) < 4.78 is 5.47. The first-order chi connectivity index (χ1) is 8.38. The summed E-state index contributed by atoms with van der Waals surface area (Å²) in [5.41, 5.74) is 0. The number of amides is 1. The molecular weight excluding hydrogens is 244 g/mol. The minimum absolute atomic E-state index is 0.100. The van der Waals surface area contributed by atoms with Gasteiger partial charge in [-0.25, -0.2) is 4.79 Å². The Morgan fingerprint density at radius 2 is 2.11 bits per heavy atom. The van der Waals surface area contributed by atoms with E-state index in [0.717, 1.165) is 25.6 Å². The number of carbonyl (C=O) groups excluding carboxylic acids is 1. The molecule has 0 unspecified atom stereocenters. The molecule has 0 aromatic heterocycles. The quantitative estimate of drug-likeness (QED) is 0.799. The van der Waals surface area contributed by atoms with Gasteiger partial charge >= 0.3 is 6.09 Å². The van der Waals surface area contributed by atoms with Gasteiger partial charge in [-0.05, 0) is 25.3 Å². The van der Waals surface area contributed by atoms with Gasteiger partial charge in [-0.3, -0.25) is 0 Å². The summed E-state index contributed by atoms with van der Waals surface area (Å²) in [5, 5.41) is 3.40. The highest BCUT2D eigenvalue weighted by Crippen LogP contribution is 2.32. The Bertz CT molecular complexity index is 315. The summed E-state index contributed by atoms with van der Waals surface area (Å²) in [6.45, 7) is 11.6. The van der Waals surface area contributed by atoms with Crippen LogP contribution < -0.4 is 5.32 Å².